The van der Waals surface area contributed by atoms with Crippen molar-refractivity contribution in [1.82, 2.24) is 5.32 Å². The lowest BCUT2D eigenvalue weighted by Crippen LogP contribution is -2.27. The van der Waals surface area contributed by atoms with Crippen LogP contribution in [0.1, 0.15) is 34.0 Å². The Morgan fingerprint density at radius 3 is 2.04 bits per heavy atom. The zero-order valence-electron chi connectivity index (χ0n) is 13.2. The highest BCUT2D eigenvalue weighted by atomic mass is 16.4. The summed E-state index contributed by atoms with van der Waals surface area (Å²) in [5.41, 5.74) is 3.54. The summed E-state index contributed by atoms with van der Waals surface area (Å²) in [4.78, 5) is 22.7. The number of carboxylic acids is 1. The van der Waals surface area contributed by atoms with E-state index in [0.29, 0.717) is 6.54 Å². The standard InChI is InChI=1S/C19H21NO3/c1-2-14-3-5-15(6-4-14)11-12-20-18(21)13-16-7-9-17(10-8-16)19(22)23/h3-10H,2,11-13H2,1H3,(H,20,21)(H,22,23). The summed E-state index contributed by atoms with van der Waals surface area (Å²) in [7, 11) is 0. The maximum Gasteiger partial charge on any atom is 0.335 e. The smallest absolute Gasteiger partial charge is 0.335 e. The molecule has 0 bridgehead atoms. The molecular formula is C19H21NO3. The van der Waals surface area contributed by atoms with E-state index in [1.807, 2.05) is 0 Å². The van der Waals surface area contributed by atoms with Gasteiger partial charge in [0.25, 0.3) is 0 Å². The van der Waals surface area contributed by atoms with E-state index in [-0.39, 0.29) is 17.9 Å². The Hall–Kier alpha value is -2.62. The fourth-order valence-corrected chi connectivity index (χ4v) is 2.30. The molecule has 2 aromatic carbocycles. The Bertz CT molecular complexity index is 660. The van der Waals surface area contributed by atoms with Gasteiger partial charge in [-0.1, -0.05) is 43.3 Å². The second-order valence-corrected chi connectivity index (χ2v) is 5.45. The van der Waals surface area contributed by atoms with Crippen LogP contribution in [0.2, 0.25) is 0 Å². The zero-order valence-corrected chi connectivity index (χ0v) is 13.2. The van der Waals surface area contributed by atoms with Gasteiger partial charge in [-0.2, -0.15) is 0 Å². The van der Waals surface area contributed by atoms with Gasteiger partial charge in [-0.05, 0) is 41.7 Å². The first-order chi connectivity index (χ1) is 11.1. The number of carbonyl (C=O) groups is 2. The largest absolute Gasteiger partial charge is 0.478 e. The molecule has 4 heteroatoms. The number of carbonyl (C=O) groups excluding carboxylic acids is 1. The van der Waals surface area contributed by atoms with Crippen molar-refractivity contribution < 1.29 is 14.7 Å². The maximum atomic E-state index is 11.9. The average Bonchev–Trinajstić information content (AvgIpc) is 2.56. The molecule has 0 aliphatic rings. The van der Waals surface area contributed by atoms with Gasteiger partial charge in [-0.25, -0.2) is 4.79 Å². The van der Waals surface area contributed by atoms with Gasteiger partial charge in [0.2, 0.25) is 5.91 Å². The fraction of sp³-hybridized carbons (Fsp3) is 0.263. The van der Waals surface area contributed by atoms with Crippen molar-refractivity contribution in [1.29, 1.82) is 0 Å². The highest BCUT2D eigenvalue weighted by Gasteiger charge is 2.05. The van der Waals surface area contributed by atoms with Gasteiger partial charge in [-0.15, -0.1) is 0 Å². The number of aryl methyl sites for hydroxylation is 1. The lowest BCUT2D eigenvalue weighted by molar-refractivity contribution is -0.120. The van der Waals surface area contributed by atoms with Gasteiger partial charge in [0.15, 0.2) is 0 Å². The van der Waals surface area contributed by atoms with Gasteiger partial charge < -0.3 is 10.4 Å². The van der Waals surface area contributed by atoms with E-state index >= 15 is 0 Å². The van der Waals surface area contributed by atoms with Crippen molar-refractivity contribution in [3.8, 4) is 0 Å². The number of carboxylic acid groups (broad SMARTS) is 1. The Balaban J connectivity index is 1.77. The Labute approximate surface area is 136 Å². The van der Waals surface area contributed by atoms with Crippen molar-refractivity contribution in [2.75, 3.05) is 6.54 Å². The summed E-state index contributed by atoms with van der Waals surface area (Å²) >= 11 is 0. The van der Waals surface area contributed by atoms with Crippen LogP contribution in [-0.4, -0.2) is 23.5 Å². The van der Waals surface area contributed by atoms with Gasteiger partial charge in [0, 0.05) is 6.54 Å². The quantitative estimate of drug-likeness (QED) is 0.826. The van der Waals surface area contributed by atoms with Crippen LogP contribution in [0.4, 0.5) is 0 Å². The molecule has 4 nitrogen and oxygen atoms in total. The van der Waals surface area contributed by atoms with Crippen molar-refractivity contribution >= 4 is 11.9 Å². The second-order valence-electron chi connectivity index (χ2n) is 5.45. The minimum atomic E-state index is -0.963. The maximum absolute atomic E-state index is 11.9. The van der Waals surface area contributed by atoms with Crippen LogP contribution in [-0.2, 0) is 24.1 Å². The average molecular weight is 311 g/mol. The third-order valence-corrected chi connectivity index (χ3v) is 3.73. The summed E-state index contributed by atoms with van der Waals surface area (Å²) in [6, 6.07) is 14.8. The molecule has 0 radical (unpaired) electrons. The Kier molecular flexibility index (Phi) is 5.92. The molecular weight excluding hydrogens is 290 g/mol. The molecule has 0 aromatic heterocycles. The predicted molar refractivity (Wildman–Crippen MR) is 89.6 cm³/mol. The number of hydrogen-bond donors (Lipinski definition) is 2. The van der Waals surface area contributed by atoms with Crippen LogP contribution in [0.3, 0.4) is 0 Å². The number of benzene rings is 2. The van der Waals surface area contributed by atoms with E-state index in [9.17, 15) is 9.59 Å². The molecule has 2 aromatic rings. The van der Waals surface area contributed by atoms with Crippen molar-refractivity contribution in [2.24, 2.45) is 0 Å². The molecule has 0 saturated carbocycles. The van der Waals surface area contributed by atoms with Crippen LogP contribution in [0.5, 0.6) is 0 Å². The highest BCUT2D eigenvalue weighted by molar-refractivity contribution is 5.87. The molecule has 0 aliphatic carbocycles. The van der Waals surface area contributed by atoms with Gasteiger partial charge in [0.05, 0.1) is 12.0 Å². The van der Waals surface area contributed by atoms with Crippen LogP contribution in [0, 0.1) is 0 Å². The van der Waals surface area contributed by atoms with Gasteiger partial charge in [-0.3, -0.25) is 4.79 Å². The lowest BCUT2D eigenvalue weighted by Gasteiger charge is -2.06. The molecule has 0 saturated heterocycles. The molecule has 0 heterocycles. The van der Waals surface area contributed by atoms with E-state index in [1.165, 1.54) is 23.3 Å². The van der Waals surface area contributed by atoms with E-state index in [4.69, 9.17) is 5.11 Å². The monoisotopic (exact) mass is 311 g/mol. The van der Waals surface area contributed by atoms with Crippen LogP contribution in [0.25, 0.3) is 0 Å². The summed E-state index contributed by atoms with van der Waals surface area (Å²) in [5.74, 6) is -1.02. The summed E-state index contributed by atoms with van der Waals surface area (Å²) in [5, 5.41) is 11.7. The van der Waals surface area contributed by atoms with E-state index in [1.54, 1.807) is 12.1 Å². The third kappa shape index (κ3) is 5.25. The molecule has 0 fully saturated rings. The molecule has 0 atom stereocenters. The SMILES string of the molecule is CCc1ccc(CCNC(=O)Cc2ccc(C(=O)O)cc2)cc1. The first kappa shape index (κ1) is 16.7. The Morgan fingerprint density at radius 2 is 1.48 bits per heavy atom. The highest BCUT2D eigenvalue weighted by Crippen LogP contribution is 2.06. The van der Waals surface area contributed by atoms with E-state index < -0.39 is 5.97 Å². The fourth-order valence-electron chi connectivity index (χ4n) is 2.30. The lowest BCUT2D eigenvalue weighted by atomic mass is 10.1. The minimum Gasteiger partial charge on any atom is -0.478 e. The number of amides is 1. The minimum absolute atomic E-state index is 0.0572. The van der Waals surface area contributed by atoms with Crippen molar-refractivity contribution in [3.63, 3.8) is 0 Å². The summed E-state index contributed by atoms with van der Waals surface area (Å²) < 4.78 is 0. The van der Waals surface area contributed by atoms with Gasteiger partial charge in [0.1, 0.15) is 0 Å². The van der Waals surface area contributed by atoms with E-state index in [2.05, 4.69) is 36.5 Å². The molecule has 120 valence electrons. The topological polar surface area (TPSA) is 66.4 Å². The third-order valence-electron chi connectivity index (χ3n) is 3.73. The molecule has 1 amide bonds. The number of nitrogens with one attached hydrogen (secondary N) is 1. The van der Waals surface area contributed by atoms with Crippen molar-refractivity contribution in [2.45, 2.75) is 26.2 Å². The van der Waals surface area contributed by atoms with Crippen LogP contribution < -0.4 is 5.32 Å². The molecule has 0 spiro atoms. The molecule has 2 rings (SSSR count). The number of rotatable bonds is 7. The Morgan fingerprint density at radius 1 is 0.913 bits per heavy atom. The number of hydrogen-bond acceptors (Lipinski definition) is 2. The second kappa shape index (κ2) is 8.13. The van der Waals surface area contributed by atoms with Crippen LogP contribution >= 0.6 is 0 Å². The van der Waals surface area contributed by atoms with Crippen LogP contribution in [0.15, 0.2) is 48.5 Å². The van der Waals surface area contributed by atoms with E-state index in [0.717, 1.165) is 18.4 Å². The van der Waals surface area contributed by atoms with Crippen molar-refractivity contribution in [3.05, 3.63) is 70.8 Å². The number of aromatic carboxylic acids is 1. The molecule has 2 N–H and O–H groups in total. The zero-order chi connectivity index (χ0) is 16.7. The molecule has 23 heavy (non-hydrogen) atoms. The molecule has 0 aliphatic heterocycles. The first-order valence-corrected chi connectivity index (χ1v) is 7.75. The van der Waals surface area contributed by atoms with Gasteiger partial charge >= 0.3 is 5.97 Å². The molecule has 0 unspecified atom stereocenters. The normalized spacial score (nSPS) is 10.3. The summed E-state index contributed by atoms with van der Waals surface area (Å²) in [6.45, 7) is 2.72. The predicted octanol–water partition coefficient (Wildman–Crippen LogP) is 2.85. The summed E-state index contributed by atoms with van der Waals surface area (Å²) in [6.07, 6.45) is 2.08. The first-order valence-electron chi connectivity index (χ1n) is 7.75.